The Morgan fingerprint density at radius 3 is 3.14 bits per heavy atom. The highest BCUT2D eigenvalue weighted by atomic mass is 15.2. The highest BCUT2D eigenvalue weighted by Crippen LogP contribution is 2.11. The van der Waals surface area contributed by atoms with Gasteiger partial charge in [-0.1, -0.05) is 18.2 Å². The average Bonchev–Trinajstić information content (AvgIpc) is 2.58. The largest absolute Gasteiger partial charge is 0.326 e. The van der Waals surface area contributed by atoms with Gasteiger partial charge in [-0.15, -0.1) is 0 Å². The lowest BCUT2D eigenvalue weighted by Gasteiger charge is -2.09. The lowest BCUT2D eigenvalue weighted by atomic mass is 10.3. The summed E-state index contributed by atoms with van der Waals surface area (Å²) in [7, 11) is 0. The van der Waals surface area contributed by atoms with E-state index in [1.807, 2.05) is 30.6 Å². The van der Waals surface area contributed by atoms with Gasteiger partial charge in [-0.3, -0.25) is 4.99 Å². The first kappa shape index (κ1) is 7.50. The summed E-state index contributed by atoms with van der Waals surface area (Å²) in [6.07, 6.45) is 5.79. The molecule has 1 aromatic carbocycles. The molecule has 0 fully saturated rings. The summed E-state index contributed by atoms with van der Waals surface area (Å²) in [5.41, 5.74) is 0. The van der Waals surface area contributed by atoms with Crippen molar-refractivity contribution in [2.45, 2.75) is 0 Å². The molecule has 0 radical (unpaired) electrons. The van der Waals surface area contributed by atoms with Crippen LogP contribution in [0.15, 0.2) is 46.3 Å². The van der Waals surface area contributed by atoms with E-state index in [0.29, 0.717) is 0 Å². The van der Waals surface area contributed by atoms with Crippen LogP contribution in [-0.2, 0) is 0 Å². The molecule has 14 heavy (non-hydrogen) atoms. The molecule has 0 N–H and O–H groups in total. The van der Waals surface area contributed by atoms with Gasteiger partial charge in [0.2, 0.25) is 0 Å². The summed E-state index contributed by atoms with van der Waals surface area (Å²) in [5.74, 6) is 0.918. The molecular weight excluding hydrogens is 174 g/mol. The molecular formula is C11H9N3. The molecule has 0 saturated carbocycles. The van der Waals surface area contributed by atoms with E-state index in [2.05, 4.69) is 27.2 Å². The van der Waals surface area contributed by atoms with Crippen LogP contribution in [0.2, 0.25) is 0 Å². The second kappa shape index (κ2) is 2.80. The van der Waals surface area contributed by atoms with E-state index in [9.17, 15) is 0 Å². The summed E-state index contributed by atoms with van der Waals surface area (Å²) < 4.78 is 0. The molecule has 0 saturated heterocycles. The number of hydrogen-bond acceptors (Lipinski definition) is 3. The fraction of sp³-hybridized carbons (Fsp3) is 0.0909. The van der Waals surface area contributed by atoms with Gasteiger partial charge in [0.15, 0.2) is 5.82 Å². The lowest BCUT2D eigenvalue weighted by Crippen LogP contribution is -2.26. The molecule has 0 spiro atoms. The summed E-state index contributed by atoms with van der Waals surface area (Å²) in [6.45, 7) is 0.843. The van der Waals surface area contributed by atoms with Gasteiger partial charge in [0, 0.05) is 17.6 Å². The van der Waals surface area contributed by atoms with E-state index in [1.54, 1.807) is 0 Å². The summed E-state index contributed by atoms with van der Waals surface area (Å²) in [6, 6.07) is 8.09. The molecule has 2 heterocycles. The van der Waals surface area contributed by atoms with Crippen molar-refractivity contribution in [1.29, 1.82) is 0 Å². The van der Waals surface area contributed by atoms with Gasteiger partial charge in [0.05, 0.1) is 18.1 Å². The van der Waals surface area contributed by atoms with Crippen LogP contribution in [-0.4, -0.2) is 17.7 Å². The Morgan fingerprint density at radius 2 is 2.14 bits per heavy atom. The maximum absolute atomic E-state index is 4.38. The summed E-state index contributed by atoms with van der Waals surface area (Å²) >= 11 is 0. The van der Waals surface area contributed by atoms with E-state index < -0.39 is 0 Å². The highest BCUT2D eigenvalue weighted by molar-refractivity contribution is 5.66. The molecule has 2 aliphatic rings. The normalized spacial score (nSPS) is 17.4. The van der Waals surface area contributed by atoms with Gasteiger partial charge < -0.3 is 4.90 Å². The minimum Gasteiger partial charge on any atom is -0.326 e. The molecule has 0 bridgehead atoms. The van der Waals surface area contributed by atoms with Crippen molar-refractivity contribution in [2.24, 2.45) is 9.98 Å². The average molecular weight is 183 g/mol. The van der Waals surface area contributed by atoms with Crippen LogP contribution in [0.5, 0.6) is 0 Å². The Bertz CT molecular complexity index is 540. The smallest absolute Gasteiger partial charge is 0.151 e. The summed E-state index contributed by atoms with van der Waals surface area (Å²) in [4.78, 5) is 10.7. The molecule has 0 atom stereocenters. The third-order valence-electron chi connectivity index (χ3n) is 2.35. The van der Waals surface area contributed by atoms with Crippen molar-refractivity contribution in [3.8, 4) is 0 Å². The third-order valence-corrected chi connectivity index (χ3v) is 2.35. The van der Waals surface area contributed by atoms with Crippen molar-refractivity contribution in [1.82, 2.24) is 4.90 Å². The van der Waals surface area contributed by atoms with Gasteiger partial charge in [0.25, 0.3) is 0 Å². The predicted octanol–water partition coefficient (Wildman–Crippen LogP) is 0.243. The molecule has 3 heteroatoms. The fourth-order valence-electron chi connectivity index (χ4n) is 1.63. The van der Waals surface area contributed by atoms with Crippen molar-refractivity contribution >= 4 is 12.4 Å². The van der Waals surface area contributed by atoms with Crippen molar-refractivity contribution in [3.05, 3.63) is 46.9 Å². The molecule has 68 valence electrons. The number of fused-ring (bicyclic) bond motifs is 2. The minimum absolute atomic E-state index is 0.843. The van der Waals surface area contributed by atoms with Crippen molar-refractivity contribution < 1.29 is 0 Å². The van der Waals surface area contributed by atoms with Crippen LogP contribution >= 0.6 is 0 Å². The number of rotatable bonds is 0. The maximum atomic E-state index is 4.38. The third kappa shape index (κ3) is 1.06. The van der Waals surface area contributed by atoms with E-state index >= 15 is 0 Å². The predicted molar refractivity (Wildman–Crippen MR) is 55.0 cm³/mol. The zero-order valence-electron chi connectivity index (χ0n) is 7.59. The Hall–Kier alpha value is -1.90. The first-order valence-corrected chi connectivity index (χ1v) is 4.57. The van der Waals surface area contributed by atoms with Crippen molar-refractivity contribution in [2.75, 3.05) is 6.54 Å². The van der Waals surface area contributed by atoms with Gasteiger partial charge >= 0.3 is 0 Å². The van der Waals surface area contributed by atoms with Crippen LogP contribution in [0.4, 0.5) is 0 Å². The zero-order chi connectivity index (χ0) is 9.38. The number of nitrogens with zero attached hydrogens (tertiary/aromatic N) is 3. The molecule has 2 aliphatic heterocycles. The first-order valence-electron chi connectivity index (χ1n) is 4.57. The Morgan fingerprint density at radius 1 is 1.21 bits per heavy atom. The van der Waals surface area contributed by atoms with Crippen molar-refractivity contribution in [3.63, 3.8) is 0 Å². The molecule has 1 aromatic rings. The molecule has 3 nitrogen and oxygen atoms in total. The molecule has 0 aromatic heterocycles. The van der Waals surface area contributed by atoms with Crippen LogP contribution in [0.25, 0.3) is 6.20 Å². The van der Waals surface area contributed by atoms with Gasteiger partial charge in [-0.05, 0) is 6.07 Å². The molecule has 0 unspecified atom stereocenters. The first-order chi connectivity index (χ1) is 6.93. The maximum Gasteiger partial charge on any atom is 0.151 e. The van der Waals surface area contributed by atoms with Crippen LogP contribution in [0, 0.1) is 0 Å². The molecule has 0 aliphatic carbocycles. The SMILES string of the molecule is C1=NC2=CN=c3ccccc3=CN2C1. The quantitative estimate of drug-likeness (QED) is 0.566. The van der Waals surface area contributed by atoms with Gasteiger partial charge in [-0.25, -0.2) is 4.99 Å². The fourth-order valence-corrected chi connectivity index (χ4v) is 1.63. The topological polar surface area (TPSA) is 28.0 Å². The second-order valence-corrected chi connectivity index (χ2v) is 3.27. The Kier molecular flexibility index (Phi) is 1.50. The lowest BCUT2D eigenvalue weighted by molar-refractivity contribution is 0.601. The zero-order valence-corrected chi connectivity index (χ0v) is 7.59. The minimum atomic E-state index is 0.843. The number of hydrogen-bond donors (Lipinski definition) is 0. The summed E-state index contributed by atoms with van der Waals surface area (Å²) in [5, 5.41) is 2.15. The van der Waals surface area contributed by atoms with E-state index in [0.717, 1.165) is 22.9 Å². The van der Waals surface area contributed by atoms with E-state index in [-0.39, 0.29) is 0 Å². The second-order valence-electron chi connectivity index (χ2n) is 3.27. The monoisotopic (exact) mass is 183 g/mol. The number of benzene rings is 1. The molecule has 0 amide bonds. The number of aliphatic imine (C=N–C) groups is 1. The van der Waals surface area contributed by atoms with E-state index in [1.165, 1.54) is 0 Å². The standard InChI is InChI=1S/C11H9N3/c1-2-4-10-9(3-1)8-14-6-5-12-11(14)7-13-10/h1-5,7-8H,6H2. The highest BCUT2D eigenvalue weighted by Gasteiger charge is 2.11. The van der Waals surface area contributed by atoms with E-state index in [4.69, 9.17) is 0 Å². The number of para-hydroxylation sites is 1. The van der Waals surface area contributed by atoms with Gasteiger partial charge in [0.1, 0.15) is 0 Å². The van der Waals surface area contributed by atoms with Gasteiger partial charge in [-0.2, -0.15) is 0 Å². The Labute approximate surface area is 81.4 Å². The van der Waals surface area contributed by atoms with Crippen LogP contribution in [0.1, 0.15) is 0 Å². The molecule has 3 rings (SSSR count). The Balaban J connectivity index is 2.29. The van der Waals surface area contributed by atoms with Crippen LogP contribution < -0.4 is 10.6 Å². The van der Waals surface area contributed by atoms with Crippen LogP contribution in [0.3, 0.4) is 0 Å².